The molecule has 1 N–H and O–H groups in total. The molecule has 2 aliphatic heterocycles. The topological polar surface area (TPSA) is 43.8 Å². The Labute approximate surface area is 97.2 Å². The first-order valence-electron chi connectivity index (χ1n) is 6.14. The van der Waals surface area contributed by atoms with Crippen LogP contribution in [-0.4, -0.2) is 52.2 Å². The number of rotatable bonds is 1. The second-order valence-corrected chi connectivity index (χ2v) is 5.91. The molecule has 2 saturated heterocycles. The van der Waals surface area contributed by atoms with Crippen molar-refractivity contribution in [2.75, 3.05) is 19.7 Å². The van der Waals surface area contributed by atoms with E-state index in [1.54, 1.807) is 0 Å². The summed E-state index contributed by atoms with van der Waals surface area (Å²) in [5.74, 6) is 0.269. The lowest BCUT2D eigenvalue weighted by Gasteiger charge is -2.34. The molecule has 0 saturated carbocycles. The van der Waals surface area contributed by atoms with E-state index in [-0.39, 0.29) is 30.1 Å². The van der Waals surface area contributed by atoms with E-state index in [9.17, 15) is 9.90 Å². The molecule has 2 aliphatic rings. The maximum absolute atomic E-state index is 12.2. The highest BCUT2D eigenvalue weighted by atomic mass is 16.3. The predicted octanol–water partition coefficient (Wildman–Crippen LogP) is 1.29. The maximum atomic E-state index is 12.2. The third-order valence-corrected chi connectivity index (χ3v) is 3.81. The Morgan fingerprint density at radius 3 is 2.69 bits per heavy atom. The average molecular weight is 226 g/mol. The quantitative estimate of drug-likeness (QED) is 0.732. The van der Waals surface area contributed by atoms with E-state index in [0.29, 0.717) is 0 Å². The summed E-state index contributed by atoms with van der Waals surface area (Å²) in [5, 5.41) is 9.36. The highest BCUT2D eigenvalue weighted by Gasteiger charge is 2.46. The van der Waals surface area contributed by atoms with E-state index in [2.05, 4.69) is 20.8 Å². The summed E-state index contributed by atoms with van der Waals surface area (Å²) in [4.78, 5) is 16.1. The van der Waals surface area contributed by atoms with Gasteiger partial charge in [0.1, 0.15) is 0 Å². The van der Waals surface area contributed by atoms with Crippen molar-refractivity contribution in [2.45, 2.75) is 45.2 Å². The second-order valence-electron chi connectivity index (χ2n) is 5.91. The van der Waals surface area contributed by atoms with Crippen LogP contribution in [0.4, 0.5) is 4.79 Å². The monoisotopic (exact) mass is 226 g/mol. The smallest absolute Gasteiger partial charge is 0.320 e. The summed E-state index contributed by atoms with van der Waals surface area (Å²) < 4.78 is 0. The zero-order chi connectivity index (χ0) is 11.9. The van der Waals surface area contributed by atoms with Crippen LogP contribution in [0.25, 0.3) is 0 Å². The molecule has 4 heteroatoms. The Morgan fingerprint density at radius 2 is 2.12 bits per heavy atom. The Balaban J connectivity index is 2.18. The van der Waals surface area contributed by atoms with Crippen molar-refractivity contribution < 1.29 is 9.90 Å². The lowest BCUT2D eigenvalue weighted by Crippen LogP contribution is -2.45. The molecule has 0 bridgehead atoms. The summed E-state index contributed by atoms with van der Waals surface area (Å²) in [6.07, 6.45) is 2.06. The molecular formula is C12H22N2O2. The van der Waals surface area contributed by atoms with Crippen molar-refractivity contribution in [2.24, 2.45) is 5.92 Å². The highest BCUT2D eigenvalue weighted by molar-refractivity contribution is 5.78. The summed E-state index contributed by atoms with van der Waals surface area (Å²) in [5.41, 5.74) is -0.117. The van der Waals surface area contributed by atoms with Crippen LogP contribution < -0.4 is 0 Å². The van der Waals surface area contributed by atoms with Gasteiger partial charge in [0.05, 0.1) is 6.04 Å². The molecule has 2 heterocycles. The SMILES string of the molecule is CC(C)(C)N1C[C@@H]2[C@@H](CO)CCCN2C1=O. The molecule has 0 aromatic heterocycles. The predicted molar refractivity (Wildman–Crippen MR) is 62.2 cm³/mol. The zero-order valence-corrected chi connectivity index (χ0v) is 10.4. The van der Waals surface area contributed by atoms with Crippen LogP contribution in [-0.2, 0) is 0 Å². The zero-order valence-electron chi connectivity index (χ0n) is 10.4. The number of hydrogen-bond acceptors (Lipinski definition) is 2. The Hall–Kier alpha value is -0.770. The van der Waals surface area contributed by atoms with Gasteiger partial charge in [0.15, 0.2) is 0 Å². The van der Waals surface area contributed by atoms with Crippen LogP contribution >= 0.6 is 0 Å². The van der Waals surface area contributed by atoms with Gasteiger partial charge >= 0.3 is 6.03 Å². The van der Waals surface area contributed by atoms with Crippen LogP contribution in [0.5, 0.6) is 0 Å². The van der Waals surface area contributed by atoms with E-state index >= 15 is 0 Å². The van der Waals surface area contributed by atoms with Gasteiger partial charge in [0.25, 0.3) is 0 Å². The van der Waals surface area contributed by atoms with Crippen LogP contribution in [0.2, 0.25) is 0 Å². The van der Waals surface area contributed by atoms with E-state index in [0.717, 1.165) is 25.9 Å². The summed E-state index contributed by atoms with van der Waals surface area (Å²) in [6, 6.07) is 0.376. The van der Waals surface area contributed by atoms with Crippen molar-refractivity contribution in [1.82, 2.24) is 9.80 Å². The Bertz CT molecular complexity index is 285. The molecule has 0 spiro atoms. The van der Waals surface area contributed by atoms with Gasteiger partial charge in [-0.05, 0) is 33.6 Å². The number of urea groups is 1. The van der Waals surface area contributed by atoms with Crippen molar-refractivity contribution in [3.8, 4) is 0 Å². The van der Waals surface area contributed by atoms with Crippen molar-refractivity contribution in [1.29, 1.82) is 0 Å². The second kappa shape index (κ2) is 3.91. The number of amides is 2. The maximum Gasteiger partial charge on any atom is 0.320 e. The number of carbonyl (C=O) groups excluding carboxylic acids is 1. The normalized spacial score (nSPS) is 30.9. The average Bonchev–Trinajstić information content (AvgIpc) is 2.56. The van der Waals surface area contributed by atoms with Crippen LogP contribution in [0.15, 0.2) is 0 Å². The van der Waals surface area contributed by atoms with Crippen LogP contribution in [0.1, 0.15) is 33.6 Å². The molecule has 2 atom stereocenters. The number of carbonyl (C=O) groups is 1. The summed E-state index contributed by atoms with van der Waals surface area (Å²) in [6.45, 7) is 8.03. The molecule has 2 rings (SSSR count). The number of piperidine rings is 1. The van der Waals surface area contributed by atoms with Gasteiger partial charge in [0.2, 0.25) is 0 Å². The Morgan fingerprint density at radius 1 is 1.44 bits per heavy atom. The first kappa shape index (κ1) is 11.7. The summed E-state index contributed by atoms with van der Waals surface area (Å²) in [7, 11) is 0. The van der Waals surface area contributed by atoms with E-state index in [1.807, 2.05) is 9.80 Å². The summed E-state index contributed by atoms with van der Waals surface area (Å²) >= 11 is 0. The lowest BCUT2D eigenvalue weighted by atomic mass is 9.90. The minimum absolute atomic E-state index is 0.117. The number of hydrogen-bond donors (Lipinski definition) is 1. The van der Waals surface area contributed by atoms with Gasteiger partial charge < -0.3 is 14.9 Å². The fourth-order valence-electron chi connectivity index (χ4n) is 2.82. The molecule has 92 valence electrons. The lowest BCUT2D eigenvalue weighted by molar-refractivity contribution is 0.103. The number of nitrogens with zero attached hydrogens (tertiary/aromatic N) is 2. The molecule has 0 aromatic carbocycles. The molecule has 0 aromatic rings. The molecule has 4 nitrogen and oxygen atoms in total. The highest BCUT2D eigenvalue weighted by Crippen LogP contribution is 2.33. The minimum atomic E-state index is -0.117. The molecule has 0 aliphatic carbocycles. The fraction of sp³-hybridized carbons (Fsp3) is 0.917. The van der Waals surface area contributed by atoms with Gasteiger partial charge in [-0.25, -0.2) is 4.79 Å². The van der Waals surface area contributed by atoms with Gasteiger partial charge in [-0.15, -0.1) is 0 Å². The van der Waals surface area contributed by atoms with Gasteiger partial charge in [-0.2, -0.15) is 0 Å². The van der Waals surface area contributed by atoms with Crippen molar-refractivity contribution in [3.05, 3.63) is 0 Å². The molecule has 0 radical (unpaired) electrons. The molecule has 2 fully saturated rings. The van der Waals surface area contributed by atoms with E-state index in [4.69, 9.17) is 0 Å². The standard InChI is InChI=1S/C12H22N2O2/c1-12(2,3)14-7-10-9(8-15)5-4-6-13(10)11(14)16/h9-10,15H,4-8H2,1-3H3/t9-,10-/m1/s1. The van der Waals surface area contributed by atoms with E-state index < -0.39 is 0 Å². The first-order chi connectivity index (χ1) is 7.45. The largest absolute Gasteiger partial charge is 0.396 e. The third-order valence-electron chi connectivity index (χ3n) is 3.81. The fourth-order valence-corrected chi connectivity index (χ4v) is 2.82. The van der Waals surface area contributed by atoms with Gasteiger partial charge in [-0.3, -0.25) is 0 Å². The molecule has 0 unspecified atom stereocenters. The molecule has 2 amide bonds. The van der Waals surface area contributed by atoms with Gasteiger partial charge in [0, 0.05) is 31.2 Å². The molecule has 16 heavy (non-hydrogen) atoms. The van der Waals surface area contributed by atoms with Crippen LogP contribution in [0, 0.1) is 5.92 Å². The van der Waals surface area contributed by atoms with Crippen molar-refractivity contribution in [3.63, 3.8) is 0 Å². The number of aliphatic hydroxyl groups excluding tert-OH is 1. The van der Waals surface area contributed by atoms with Crippen LogP contribution in [0.3, 0.4) is 0 Å². The third kappa shape index (κ3) is 1.79. The van der Waals surface area contributed by atoms with Crippen molar-refractivity contribution >= 4 is 6.03 Å². The van der Waals surface area contributed by atoms with E-state index in [1.165, 1.54) is 0 Å². The number of fused-ring (bicyclic) bond motifs is 1. The first-order valence-corrected chi connectivity index (χ1v) is 6.14. The van der Waals surface area contributed by atoms with Gasteiger partial charge in [-0.1, -0.05) is 0 Å². The number of aliphatic hydroxyl groups is 1. The Kier molecular flexibility index (Phi) is 2.86. The minimum Gasteiger partial charge on any atom is -0.396 e. The molecular weight excluding hydrogens is 204 g/mol.